The molecule has 2 heteroatoms. The lowest BCUT2D eigenvalue weighted by molar-refractivity contribution is 0.660. The van der Waals surface area contributed by atoms with Gasteiger partial charge in [-0.3, -0.25) is 0 Å². The van der Waals surface area contributed by atoms with Crippen LogP contribution < -0.4 is 4.90 Å². The fourth-order valence-electron chi connectivity index (χ4n) is 10.4. The predicted molar refractivity (Wildman–Crippen MR) is 265 cm³/mol. The lowest BCUT2D eigenvalue weighted by atomic mass is 9.81. The van der Waals surface area contributed by atoms with Gasteiger partial charge in [-0.15, -0.1) is 0 Å². The molecule has 0 spiro atoms. The van der Waals surface area contributed by atoms with Crippen LogP contribution in [-0.2, 0) is 5.41 Å². The minimum absolute atomic E-state index is 0.123. The second-order valence-electron chi connectivity index (χ2n) is 17.2. The number of rotatable bonds is 7. The van der Waals surface area contributed by atoms with Gasteiger partial charge in [0.2, 0.25) is 0 Å². The van der Waals surface area contributed by atoms with Gasteiger partial charge in [0.25, 0.3) is 0 Å². The first kappa shape index (κ1) is 36.9. The predicted octanol–water partition coefficient (Wildman–Crippen LogP) is 17.2. The van der Waals surface area contributed by atoms with Gasteiger partial charge in [-0.25, -0.2) is 0 Å². The molecule has 298 valence electrons. The zero-order valence-electron chi connectivity index (χ0n) is 35.2. The number of hydrogen-bond acceptors (Lipinski definition) is 2. The molecular formula is C61H43NO. The highest BCUT2D eigenvalue weighted by atomic mass is 16.3. The molecule has 0 saturated carbocycles. The van der Waals surface area contributed by atoms with E-state index < -0.39 is 0 Å². The average Bonchev–Trinajstić information content (AvgIpc) is 3.84. The molecule has 0 aliphatic heterocycles. The number of anilines is 3. The van der Waals surface area contributed by atoms with Gasteiger partial charge in [0, 0.05) is 32.8 Å². The summed E-state index contributed by atoms with van der Waals surface area (Å²) in [6.45, 7) is 4.73. The van der Waals surface area contributed by atoms with Crippen molar-refractivity contribution < 1.29 is 4.42 Å². The molecule has 0 saturated heterocycles. The van der Waals surface area contributed by atoms with Crippen LogP contribution in [0.1, 0.15) is 25.0 Å². The van der Waals surface area contributed by atoms with Crippen LogP contribution >= 0.6 is 0 Å². The van der Waals surface area contributed by atoms with Crippen LogP contribution in [0.25, 0.3) is 88.3 Å². The standard InChI is InChI=1S/C61H43NO/c1-61(2)52-33-11-9-25-50(52)59-49(31-15-34-53(59)61)48-32-17-36-55(58(48)41-21-7-4-8-22-41)62(54-35-16-29-46-44(27-14-30-47(46)54)40-19-5-3-6-20-40)43-24-13-23-42(39-43)45-28-18-38-57-60(45)51-26-10-12-37-56(51)63-57/h3-39H,1-2H3. The maximum Gasteiger partial charge on any atom is 0.136 e. The molecule has 0 unspecified atom stereocenters. The zero-order chi connectivity index (χ0) is 42.1. The summed E-state index contributed by atoms with van der Waals surface area (Å²) in [6.07, 6.45) is 0. The lowest BCUT2D eigenvalue weighted by Crippen LogP contribution is -2.14. The number of fused-ring (bicyclic) bond motifs is 7. The highest BCUT2D eigenvalue weighted by Gasteiger charge is 2.37. The minimum Gasteiger partial charge on any atom is -0.456 e. The van der Waals surface area contributed by atoms with Crippen LogP contribution in [0.5, 0.6) is 0 Å². The van der Waals surface area contributed by atoms with Crippen LogP contribution in [-0.4, -0.2) is 0 Å². The van der Waals surface area contributed by atoms with Crippen molar-refractivity contribution in [3.05, 3.63) is 236 Å². The van der Waals surface area contributed by atoms with Crippen molar-refractivity contribution in [2.75, 3.05) is 4.90 Å². The SMILES string of the molecule is CC1(C)c2ccccc2-c2c(-c3cccc(N(c4cccc(-c5cccc6oc7ccccc7c56)c4)c4cccc5c(-c6ccccc6)cccc45)c3-c3ccccc3)cccc21. The Bertz CT molecular complexity index is 3540. The molecular weight excluding hydrogens is 763 g/mol. The van der Waals surface area contributed by atoms with Crippen LogP contribution in [0.3, 0.4) is 0 Å². The van der Waals surface area contributed by atoms with E-state index in [9.17, 15) is 0 Å². The van der Waals surface area contributed by atoms with E-state index in [4.69, 9.17) is 4.42 Å². The van der Waals surface area contributed by atoms with Gasteiger partial charge >= 0.3 is 0 Å². The molecule has 1 aliphatic rings. The van der Waals surface area contributed by atoms with E-state index in [1.54, 1.807) is 0 Å². The number of para-hydroxylation sites is 1. The first-order valence-corrected chi connectivity index (χ1v) is 21.8. The first-order valence-electron chi connectivity index (χ1n) is 21.8. The maximum atomic E-state index is 6.40. The molecule has 0 fully saturated rings. The van der Waals surface area contributed by atoms with Crippen molar-refractivity contribution in [1.82, 2.24) is 0 Å². The van der Waals surface area contributed by atoms with E-state index in [0.29, 0.717) is 0 Å². The van der Waals surface area contributed by atoms with Crippen LogP contribution in [0, 0.1) is 0 Å². The third-order valence-corrected chi connectivity index (χ3v) is 13.3. The Morgan fingerprint density at radius 2 is 0.889 bits per heavy atom. The quantitative estimate of drug-likeness (QED) is 0.160. The smallest absolute Gasteiger partial charge is 0.136 e. The van der Waals surface area contributed by atoms with E-state index in [0.717, 1.165) is 55.7 Å². The van der Waals surface area contributed by atoms with Crippen molar-refractivity contribution in [3.8, 4) is 55.6 Å². The first-order chi connectivity index (χ1) is 31.0. The zero-order valence-corrected chi connectivity index (χ0v) is 35.2. The Hall–Kier alpha value is -7.94. The Morgan fingerprint density at radius 1 is 0.349 bits per heavy atom. The summed E-state index contributed by atoms with van der Waals surface area (Å²) in [5, 5.41) is 4.62. The monoisotopic (exact) mass is 805 g/mol. The molecule has 0 N–H and O–H groups in total. The number of furan rings is 1. The highest BCUT2D eigenvalue weighted by Crippen LogP contribution is 2.55. The van der Waals surface area contributed by atoms with E-state index in [1.807, 2.05) is 6.07 Å². The van der Waals surface area contributed by atoms with Crippen LogP contribution in [0.2, 0.25) is 0 Å². The maximum absolute atomic E-state index is 6.40. The van der Waals surface area contributed by atoms with Gasteiger partial charge in [0.15, 0.2) is 0 Å². The van der Waals surface area contributed by atoms with E-state index in [2.05, 4.69) is 237 Å². The van der Waals surface area contributed by atoms with Gasteiger partial charge in [-0.2, -0.15) is 0 Å². The second kappa shape index (κ2) is 14.6. The topological polar surface area (TPSA) is 16.4 Å². The average molecular weight is 806 g/mol. The van der Waals surface area contributed by atoms with E-state index in [-0.39, 0.29) is 5.41 Å². The number of benzene rings is 10. The Kier molecular flexibility index (Phi) is 8.55. The molecule has 12 rings (SSSR count). The highest BCUT2D eigenvalue weighted by molar-refractivity contribution is 6.13. The summed E-state index contributed by atoms with van der Waals surface area (Å²) in [4.78, 5) is 2.50. The third kappa shape index (κ3) is 5.86. The molecule has 1 aliphatic carbocycles. The molecule has 63 heavy (non-hydrogen) atoms. The van der Waals surface area contributed by atoms with E-state index >= 15 is 0 Å². The van der Waals surface area contributed by atoms with E-state index in [1.165, 1.54) is 60.8 Å². The largest absolute Gasteiger partial charge is 0.456 e. The fourth-order valence-corrected chi connectivity index (χ4v) is 10.4. The molecule has 0 amide bonds. The third-order valence-electron chi connectivity index (χ3n) is 13.3. The lowest BCUT2D eigenvalue weighted by Gasteiger charge is -2.31. The molecule has 1 aromatic heterocycles. The molecule has 2 nitrogen and oxygen atoms in total. The summed E-state index contributed by atoms with van der Waals surface area (Å²) < 4.78 is 6.40. The fraction of sp³-hybridized carbons (Fsp3) is 0.0492. The normalized spacial score (nSPS) is 12.7. The summed E-state index contributed by atoms with van der Waals surface area (Å²) >= 11 is 0. The van der Waals surface area contributed by atoms with Crippen LogP contribution in [0.15, 0.2) is 229 Å². The van der Waals surface area contributed by atoms with Gasteiger partial charge in [0.05, 0.1) is 11.4 Å². The molecule has 0 atom stereocenters. The van der Waals surface area contributed by atoms with Gasteiger partial charge in [-0.1, -0.05) is 202 Å². The Labute approximate surface area is 368 Å². The number of nitrogens with zero attached hydrogens (tertiary/aromatic N) is 1. The van der Waals surface area contributed by atoms with Crippen molar-refractivity contribution in [1.29, 1.82) is 0 Å². The van der Waals surface area contributed by atoms with Crippen molar-refractivity contribution in [3.63, 3.8) is 0 Å². The summed E-state index contributed by atoms with van der Waals surface area (Å²) in [5.74, 6) is 0. The van der Waals surface area contributed by atoms with Gasteiger partial charge in [-0.05, 0) is 103 Å². The molecule has 11 aromatic rings. The van der Waals surface area contributed by atoms with Crippen molar-refractivity contribution in [2.45, 2.75) is 19.3 Å². The summed E-state index contributed by atoms with van der Waals surface area (Å²) in [5.41, 5.74) is 19.7. The molecule has 0 radical (unpaired) electrons. The Balaban J connectivity index is 1.16. The molecule has 0 bridgehead atoms. The minimum atomic E-state index is -0.123. The summed E-state index contributed by atoms with van der Waals surface area (Å²) in [6, 6.07) is 81.8. The number of hydrogen-bond donors (Lipinski definition) is 0. The molecule has 10 aromatic carbocycles. The van der Waals surface area contributed by atoms with Gasteiger partial charge in [0.1, 0.15) is 11.2 Å². The summed E-state index contributed by atoms with van der Waals surface area (Å²) in [7, 11) is 0. The van der Waals surface area contributed by atoms with Gasteiger partial charge < -0.3 is 9.32 Å². The van der Waals surface area contributed by atoms with Crippen molar-refractivity contribution in [2.24, 2.45) is 0 Å². The van der Waals surface area contributed by atoms with Crippen molar-refractivity contribution >= 4 is 49.8 Å². The Morgan fingerprint density at radius 3 is 1.75 bits per heavy atom. The van der Waals surface area contributed by atoms with Crippen LogP contribution in [0.4, 0.5) is 17.1 Å². The molecule has 1 heterocycles. The second-order valence-corrected chi connectivity index (χ2v) is 17.2.